The van der Waals surface area contributed by atoms with Gasteiger partial charge in [-0.1, -0.05) is 30.3 Å². The zero-order valence-corrected chi connectivity index (χ0v) is 16.9. The van der Waals surface area contributed by atoms with Gasteiger partial charge in [0.05, 0.1) is 31.6 Å². The molecule has 2 rings (SSSR count). The molecule has 0 aliphatic heterocycles. The summed E-state index contributed by atoms with van der Waals surface area (Å²) in [5.41, 5.74) is 1.03. The van der Waals surface area contributed by atoms with Gasteiger partial charge in [-0.15, -0.1) is 0 Å². The highest BCUT2D eigenvalue weighted by atomic mass is 16.5. The molecule has 5 nitrogen and oxygen atoms in total. The van der Waals surface area contributed by atoms with Crippen LogP contribution < -0.4 is 10.1 Å². The number of methoxy groups -OCH3 is 1. The van der Waals surface area contributed by atoms with Crippen LogP contribution in [-0.2, 0) is 9.53 Å². The van der Waals surface area contributed by atoms with Crippen LogP contribution in [0.3, 0.4) is 0 Å². The Morgan fingerprint density at radius 3 is 2.32 bits per heavy atom. The quantitative estimate of drug-likeness (QED) is 0.635. The molecule has 2 aromatic rings. The molecule has 0 heterocycles. The zero-order chi connectivity index (χ0) is 20.6. The standard InChI is InChI=1S/C23H28N2O3/c1-5-28-22(26)23(2,3)21(17-9-7-6-8-10-17)20(15-16-24)25-18-11-13-19(27-4)14-12-18/h6-14,20-21,25H,5,15H2,1-4H3. The van der Waals surface area contributed by atoms with Crippen molar-refractivity contribution in [1.29, 1.82) is 5.26 Å². The van der Waals surface area contributed by atoms with Crippen LogP contribution in [0.5, 0.6) is 5.75 Å². The van der Waals surface area contributed by atoms with Crippen LogP contribution in [0.15, 0.2) is 54.6 Å². The third-order valence-corrected chi connectivity index (χ3v) is 4.89. The fourth-order valence-electron chi connectivity index (χ4n) is 3.51. The van der Waals surface area contributed by atoms with Crippen LogP contribution in [0.4, 0.5) is 5.69 Å². The first-order chi connectivity index (χ1) is 13.4. The lowest BCUT2D eigenvalue weighted by Gasteiger charge is -2.38. The first kappa shape index (κ1) is 21.3. The molecular formula is C23H28N2O3. The second-order valence-electron chi connectivity index (χ2n) is 7.17. The number of ether oxygens (including phenoxy) is 2. The number of nitrogens with zero attached hydrogens (tertiary/aromatic N) is 1. The summed E-state index contributed by atoms with van der Waals surface area (Å²) in [6.07, 6.45) is 0.244. The minimum absolute atomic E-state index is 0.244. The fraction of sp³-hybridized carbons (Fsp3) is 0.391. The maximum Gasteiger partial charge on any atom is 0.312 e. The second-order valence-corrected chi connectivity index (χ2v) is 7.17. The zero-order valence-electron chi connectivity index (χ0n) is 16.9. The lowest BCUT2D eigenvalue weighted by molar-refractivity contribution is -0.155. The number of carbonyl (C=O) groups is 1. The van der Waals surface area contributed by atoms with Crippen LogP contribution in [0, 0.1) is 16.7 Å². The van der Waals surface area contributed by atoms with Crippen LogP contribution >= 0.6 is 0 Å². The van der Waals surface area contributed by atoms with E-state index in [-0.39, 0.29) is 24.3 Å². The molecule has 2 atom stereocenters. The van der Waals surface area contributed by atoms with Crippen molar-refractivity contribution in [2.45, 2.75) is 39.2 Å². The van der Waals surface area contributed by atoms with Gasteiger partial charge < -0.3 is 14.8 Å². The summed E-state index contributed by atoms with van der Waals surface area (Å²) in [6, 6.07) is 19.3. The van der Waals surface area contributed by atoms with Gasteiger partial charge in [-0.25, -0.2) is 0 Å². The smallest absolute Gasteiger partial charge is 0.312 e. The Morgan fingerprint density at radius 1 is 1.14 bits per heavy atom. The van der Waals surface area contributed by atoms with E-state index in [4.69, 9.17) is 9.47 Å². The Bertz CT molecular complexity index is 795. The second kappa shape index (κ2) is 9.80. The summed E-state index contributed by atoms with van der Waals surface area (Å²) < 4.78 is 10.6. The molecule has 0 fully saturated rings. The summed E-state index contributed by atoms with van der Waals surface area (Å²) in [6.45, 7) is 5.87. The van der Waals surface area contributed by atoms with E-state index in [1.165, 1.54) is 0 Å². The van der Waals surface area contributed by atoms with Crippen molar-refractivity contribution in [3.8, 4) is 11.8 Å². The lowest BCUT2D eigenvalue weighted by atomic mass is 9.70. The molecule has 0 radical (unpaired) electrons. The maximum absolute atomic E-state index is 12.8. The van der Waals surface area contributed by atoms with Gasteiger partial charge in [-0.3, -0.25) is 4.79 Å². The number of benzene rings is 2. The van der Waals surface area contributed by atoms with Gasteiger partial charge in [0.15, 0.2) is 0 Å². The Morgan fingerprint density at radius 2 is 1.79 bits per heavy atom. The number of hydrogen-bond acceptors (Lipinski definition) is 5. The molecule has 1 N–H and O–H groups in total. The summed E-state index contributed by atoms with van der Waals surface area (Å²) >= 11 is 0. The van der Waals surface area contributed by atoms with Gasteiger partial charge in [0.1, 0.15) is 5.75 Å². The van der Waals surface area contributed by atoms with Gasteiger partial charge in [0.2, 0.25) is 0 Å². The molecule has 148 valence electrons. The molecule has 0 aliphatic rings. The van der Waals surface area contributed by atoms with E-state index in [2.05, 4.69) is 11.4 Å². The van der Waals surface area contributed by atoms with Crippen molar-refractivity contribution >= 4 is 11.7 Å². The van der Waals surface area contributed by atoms with E-state index < -0.39 is 5.41 Å². The average Bonchev–Trinajstić information content (AvgIpc) is 2.69. The first-order valence-electron chi connectivity index (χ1n) is 9.43. The fourth-order valence-corrected chi connectivity index (χ4v) is 3.51. The van der Waals surface area contributed by atoms with E-state index in [9.17, 15) is 10.1 Å². The van der Waals surface area contributed by atoms with Gasteiger partial charge in [0, 0.05) is 17.6 Å². The van der Waals surface area contributed by atoms with Crippen LogP contribution in [0.25, 0.3) is 0 Å². The number of esters is 1. The molecule has 2 aromatic carbocycles. The Balaban J connectivity index is 2.44. The highest BCUT2D eigenvalue weighted by Gasteiger charge is 2.43. The van der Waals surface area contributed by atoms with Crippen LogP contribution in [0.2, 0.25) is 0 Å². The highest BCUT2D eigenvalue weighted by Crippen LogP contribution is 2.41. The van der Waals surface area contributed by atoms with Crippen molar-refractivity contribution in [1.82, 2.24) is 0 Å². The van der Waals surface area contributed by atoms with E-state index in [0.29, 0.717) is 6.61 Å². The van der Waals surface area contributed by atoms with Gasteiger partial charge >= 0.3 is 5.97 Å². The summed E-state index contributed by atoms with van der Waals surface area (Å²) in [4.78, 5) is 12.8. The van der Waals surface area contributed by atoms with Crippen molar-refractivity contribution in [3.63, 3.8) is 0 Å². The van der Waals surface area contributed by atoms with E-state index in [1.807, 2.05) is 68.4 Å². The Kier molecular flexibility index (Phi) is 7.45. The van der Waals surface area contributed by atoms with Gasteiger partial charge in [-0.2, -0.15) is 5.26 Å². The average molecular weight is 380 g/mol. The SMILES string of the molecule is CCOC(=O)C(C)(C)C(c1ccccc1)C(CC#N)Nc1ccc(OC)cc1. The Hall–Kier alpha value is -3.00. The number of rotatable bonds is 9. The minimum Gasteiger partial charge on any atom is -0.497 e. The molecule has 28 heavy (non-hydrogen) atoms. The summed E-state index contributed by atoms with van der Waals surface area (Å²) in [5, 5.41) is 12.9. The van der Waals surface area contributed by atoms with Crippen LogP contribution in [0.1, 0.15) is 38.7 Å². The molecule has 0 amide bonds. The first-order valence-corrected chi connectivity index (χ1v) is 9.43. The molecule has 0 bridgehead atoms. The van der Waals surface area contributed by atoms with E-state index >= 15 is 0 Å². The lowest BCUT2D eigenvalue weighted by Crippen LogP contribution is -2.42. The normalized spacial score (nSPS) is 13.1. The number of carbonyl (C=O) groups excluding carboxylic acids is 1. The number of hydrogen-bond donors (Lipinski definition) is 1. The van der Waals surface area contributed by atoms with Crippen molar-refractivity contribution < 1.29 is 14.3 Å². The minimum atomic E-state index is -0.821. The number of nitrogens with one attached hydrogen (secondary N) is 1. The summed E-state index contributed by atoms with van der Waals surface area (Å²) in [7, 11) is 1.62. The Labute approximate surface area is 167 Å². The monoisotopic (exact) mass is 380 g/mol. The predicted molar refractivity (Wildman–Crippen MR) is 110 cm³/mol. The van der Waals surface area contributed by atoms with Crippen molar-refractivity contribution in [3.05, 3.63) is 60.2 Å². The summed E-state index contributed by atoms with van der Waals surface area (Å²) in [5.74, 6) is 0.228. The number of anilines is 1. The van der Waals surface area contributed by atoms with Crippen molar-refractivity contribution in [2.75, 3.05) is 19.0 Å². The third-order valence-electron chi connectivity index (χ3n) is 4.89. The molecule has 0 saturated carbocycles. The molecule has 2 unspecified atom stereocenters. The molecule has 0 spiro atoms. The highest BCUT2D eigenvalue weighted by molar-refractivity contribution is 5.77. The van der Waals surface area contributed by atoms with E-state index in [1.54, 1.807) is 14.0 Å². The van der Waals surface area contributed by atoms with Gasteiger partial charge in [-0.05, 0) is 50.6 Å². The number of nitriles is 1. The molecular weight excluding hydrogens is 352 g/mol. The van der Waals surface area contributed by atoms with Gasteiger partial charge in [0.25, 0.3) is 0 Å². The van der Waals surface area contributed by atoms with Crippen LogP contribution in [-0.4, -0.2) is 25.7 Å². The topological polar surface area (TPSA) is 71.4 Å². The molecule has 5 heteroatoms. The molecule has 0 aliphatic carbocycles. The van der Waals surface area contributed by atoms with E-state index in [0.717, 1.165) is 17.0 Å². The third kappa shape index (κ3) is 5.04. The largest absolute Gasteiger partial charge is 0.497 e. The van der Waals surface area contributed by atoms with Crippen molar-refractivity contribution in [2.24, 2.45) is 5.41 Å². The maximum atomic E-state index is 12.8. The predicted octanol–water partition coefficient (Wildman–Crippen LogP) is 4.76. The molecule has 0 aromatic heterocycles. The molecule has 0 saturated heterocycles.